The summed E-state index contributed by atoms with van der Waals surface area (Å²) in [6.07, 6.45) is 19.8. The Kier molecular flexibility index (Phi) is 14.7. The summed E-state index contributed by atoms with van der Waals surface area (Å²) in [6.45, 7) is 21.7. The molecular weight excluding hydrogens is 584 g/mol. The Bertz CT molecular complexity index is 1140. The van der Waals surface area contributed by atoms with Gasteiger partial charge in [0.15, 0.2) is 14.1 Å². The van der Waals surface area contributed by atoms with Crippen LogP contribution >= 0.6 is 0 Å². The summed E-state index contributed by atoms with van der Waals surface area (Å²) in [6, 6.07) is 0. The summed E-state index contributed by atoms with van der Waals surface area (Å²) in [5, 5.41) is 0.0620. The largest absolute Gasteiger partial charge is 0.466 e. The topological polar surface area (TPSA) is 80.3 Å². The van der Waals surface area contributed by atoms with E-state index >= 15 is 0 Å². The first kappa shape index (κ1) is 38.9. The number of rotatable bonds is 12. The van der Waals surface area contributed by atoms with Crippen LogP contribution in [0.3, 0.4) is 0 Å². The molecule has 7 nitrogen and oxygen atoms in total. The molecule has 0 unspecified atom stereocenters. The van der Waals surface area contributed by atoms with Gasteiger partial charge in [-0.25, -0.2) is 9.59 Å². The van der Waals surface area contributed by atoms with Crippen LogP contribution < -0.4 is 0 Å². The minimum Gasteiger partial charge on any atom is -0.466 e. The van der Waals surface area contributed by atoms with Gasteiger partial charge in [0.05, 0.1) is 32.5 Å². The van der Waals surface area contributed by atoms with Gasteiger partial charge in [-0.1, -0.05) is 83.6 Å². The third kappa shape index (κ3) is 12.1. The average Bonchev–Trinajstić information content (AvgIpc) is 2.98. The van der Waals surface area contributed by atoms with Gasteiger partial charge in [0.25, 0.3) is 0 Å². The number of hydrogen-bond donors (Lipinski definition) is 0. The highest BCUT2D eigenvalue weighted by Crippen LogP contribution is 2.44. The standard InChI is InChI=1S/C37H60O7Si/c1-26(14-19-33(28(3)16-20-34(38)40-9)44-45(11,12)36(6,7)8)13-17-31-29(4)21-23-37(42-31)24-22-30(5)32(43-37)18-15-27(2)25-35(39)41-10/h13-16,18-20,25,28-33H,17,21-24H2,1-12H3/b18-15+,19-14+,20-16+,26-13+,27-25+/t28-,29-,30-,31+,32-,33-,37-/m0/s1. The highest BCUT2D eigenvalue weighted by atomic mass is 28.4. The van der Waals surface area contributed by atoms with Gasteiger partial charge in [-0.2, -0.15) is 0 Å². The zero-order valence-corrected chi connectivity index (χ0v) is 31.0. The summed E-state index contributed by atoms with van der Waals surface area (Å²) in [5.41, 5.74) is 1.97. The molecule has 0 saturated carbocycles. The zero-order valence-electron chi connectivity index (χ0n) is 30.0. The minimum atomic E-state index is -2.06. The molecule has 8 heteroatoms. The molecule has 254 valence electrons. The molecule has 1 spiro atoms. The number of carbonyl (C=O) groups excluding carboxylic acids is 2. The highest BCUT2D eigenvalue weighted by molar-refractivity contribution is 6.74. The van der Waals surface area contributed by atoms with Crippen LogP contribution in [0, 0.1) is 17.8 Å². The monoisotopic (exact) mass is 644 g/mol. The minimum absolute atomic E-state index is 0.00332. The molecule has 0 amide bonds. The van der Waals surface area contributed by atoms with E-state index in [9.17, 15) is 9.59 Å². The summed E-state index contributed by atoms with van der Waals surface area (Å²) in [4.78, 5) is 23.3. The van der Waals surface area contributed by atoms with Crippen LogP contribution in [0.5, 0.6) is 0 Å². The average molecular weight is 645 g/mol. The van der Waals surface area contributed by atoms with Crippen molar-refractivity contribution in [1.82, 2.24) is 0 Å². The van der Waals surface area contributed by atoms with E-state index in [1.54, 1.807) is 0 Å². The number of methoxy groups -OCH3 is 2. The van der Waals surface area contributed by atoms with Crippen molar-refractivity contribution < 1.29 is 33.0 Å². The van der Waals surface area contributed by atoms with Crippen LogP contribution in [0.4, 0.5) is 0 Å². The van der Waals surface area contributed by atoms with Crippen LogP contribution in [0.25, 0.3) is 0 Å². The number of ether oxygens (including phenoxy) is 4. The predicted octanol–water partition coefficient (Wildman–Crippen LogP) is 8.64. The van der Waals surface area contributed by atoms with Crippen LogP contribution in [0.2, 0.25) is 18.1 Å². The zero-order chi connectivity index (χ0) is 34.0. The van der Waals surface area contributed by atoms with Crippen molar-refractivity contribution in [3.63, 3.8) is 0 Å². The molecule has 0 radical (unpaired) electrons. The van der Waals surface area contributed by atoms with Crippen molar-refractivity contribution in [3.05, 3.63) is 59.8 Å². The highest BCUT2D eigenvalue weighted by Gasteiger charge is 2.46. The van der Waals surface area contributed by atoms with Crippen LogP contribution in [0.15, 0.2) is 59.8 Å². The van der Waals surface area contributed by atoms with Crippen molar-refractivity contribution in [1.29, 1.82) is 0 Å². The second-order valence-electron chi connectivity index (χ2n) is 14.6. The molecule has 2 saturated heterocycles. The van der Waals surface area contributed by atoms with E-state index < -0.39 is 14.1 Å². The smallest absolute Gasteiger partial charge is 0.330 e. The van der Waals surface area contributed by atoms with Crippen LogP contribution in [-0.2, 0) is 33.0 Å². The lowest BCUT2D eigenvalue weighted by atomic mass is 9.83. The molecule has 0 aromatic carbocycles. The predicted molar refractivity (Wildman–Crippen MR) is 184 cm³/mol. The van der Waals surface area contributed by atoms with E-state index in [0.29, 0.717) is 11.8 Å². The van der Waals surface area contributed by atoms with E-state index in [-0.39, 0.29) is 41.2 Å². The van der Waals surface area contributed by atoms with Crippen molar-refractivity contribution in [2.24, 2.45) is 17.8 Å². The molecule has 0 bridgehead atoms. The molecule has 0 aliphatic carbocycles. The molecule has 2 aliphatic heterocycles. The van der Waals surface area contributed by atoms with Crippen molar-refractivity contribution in [2.75, 3.05) is 14.2 Å². The van der Waals surface area contributed by atoms with Gasteiger partial charge in [-0.05, 0) is 68.7 Å². The molecule has 0 N–H and O–H groups in total. The Morgan fingerprint density at radius 3 is 2.13 bits per heavy atom. The van der Waals surface area contributed by atoms with Gasteiger partial charge in [0, 0.05) is 30.9 Å². The van der Waals surface area contributed by atoms with Crippen LogP contribution in [-0.4, -0.2) is 58.6 Å². The van der Waals surface area contributed by atoms with E-state index in [1.165, 1.54) is 26.4 Å². The van der Waals surface area contributed by atoms with Gasteiger partial charge in [-0.15, -0.1) is 0 Å². The molecular formula is C37H60O7Si. The van der Waals surface area contributed by atoms with E-state index in [1.807, 2.05) is 19.1 Å². The lowest BCUT2D eigenvalue weighted by Gasteiger charge is -2.49. The number of allylic oxidation sites excluding steroid dienone is 4. The molecule has 0 aromatic rings. The Hall–Kier alpha value is -2.26. The maximum atomic E-state index is 11.8. The lowest BCUT2D eigenvalue weighted by Crippen LogP contribution is -2.51. The molecule has 2 fully saturated rings. The summed E-state index contributed by atoms with van der Waals surface area (Å²) < 4.78 is 29.8. The first-order chi connectivity index (χ1) is 20.9. The second-order valence-corrected chi connectivity index (χ2v) is 19.3. The summed E-state index contributed by atoms with van der Waals surface area (Å²) in [7, 11) is 0.708. The van der Waals surface area contributed by atoms with Gasteiger partial charge in [0.2, 0.25) is 0 Å². The number of esters is 2. The lowest BCUT2D eigenvalue weighted by molar-refractivity contribution is -0.323. The van der Waals surface area contributed by atoms with Crippen LogP contribution in [0.1, 0.15) is 87.5 Å². The maximum absolute atomic E-state index is 11.8. The summed E-state index contributed by atoms with van der Waals surface area (Å²) >= 11 is 0. The van der Waals surface area contributed by atoms with E-state index in [2.05, 4.69) is 85.9 Å². The first-order valence-electron chi connectivity index (χ1n) is 16.5. The maximum Gasteiger partial charge on any atom is 0.330 e. The van der Waals surface area contributed by atoms with Gasteiger partial charge >= 0.3 is 11.9 Å². The molecule has 0 aromatic heterocycles. The first-order valence-corrected chi connectivity index (χ1v) is 19.4. The van der Waals surface area contributed by atoms with E-state index in [4.69, 9.17) is 23.4 Å². The fourth-order valence-electron chi connectivity index (χ4n) is 5.30. The molecule has 2 aliphatic rings. The number of carbonyl (C=O) groups is 2. The molecule has 2 rings (SSSR count). The quantitative estimate of drug-likeness (QED) is 0.0911. The molecule has 7 atom stereocenters. The van der Waals surface area contributed by atoms with Gasteiger partial charge in [-0.3, -0.25) is 0 Å². The fourth-order valence-corrected chi connectivity index (χ4v) is 6.63. The third-order valence-corrected chi connectivity index (χ3v) is 14.2. The normalized spacial score (nSPS) is 28.6. The number of hydrogen-bond acceptors (Lipinski definition) is 7. The van der Waals surface area contributed by atoms with Gasteiger partial charge < -0.3 is 23.4 Å². The third-order valence-electron chi connectivity index (χ3n) is 9.68. The van der Waals surface area contributed by atoms with Crippen molar-refractivity contribution in [3.8, 4) is 0 Å². The Morgan fingerprint density at radius 1 is 0.911 bits per heavy atom. The Morgan fingerprint density at radius 2 is 1.53 bits per heavy atom. The van der Waals surface area contributed by atoms with E-state index in [0.717, 1.165) is 43.3 Å². The van der Waals surface area contributed by atoms with Crippen molar-refractivity contribution >= 4 is 20.3 Å². The SMILES string of the molecule is COC(=O)/C=C/[C@H](C)[C@H](/C=C/C(C)=C/C[C@H]1O[C@@]2(CC[C@H](C)[C@H](/C=C/C(C)=C/C(=O)OC)O2)CC[C@@H]1C)O[Si](C)(C)C(C)(C)C. The van der Waals surface area contributed by atoms with Crippen molar-refractivity contribution in [2.45, 2.75) is 130 Å². The Labute approximate surface area is 274 Å². The summed E-state index contributed by atoms with van der Waals surface area (Å²) in [5.74, 6) is -0.532. The van der Waals surface area contributed by atoms with Gasteiger partial charge in [0.1, 0.15) is 0 Å². The molecule has 45 heavy (non-hydrogen) atoms. The second kappa shape index (κ2) is 17.0. The fraction of sp³-hybridized carbons (Fsp3) is 0.676. The Balaban J connectivity index is 2.16. The molecule has 2 heterocycles.